The Balaban J connectivity index is 2.16. The Morgan fingerprint density at radius 2 is 2.10 bits per heavy atom. The molecule has 1 aliphatic heterocycles. The van der Waals surface area contributed by atoms with Crippen LogP contribution in [0, 0.1) is 5.92 Å². The van der Waals surface area contributed by atoms with Gasteiger partial charge in [-0.25, -0.2) is 0 Å². The monoisotopic (exact) mass is 272 g/mol. The molecule has 0 spiro atoms. The molecule has 1 N–H and O–H groups in total. The quantitative estimate of drug-likeness (QED) is 0.931. The van der Waals surface area contributed by atoms with Gasteiger partial charge in [0.15, 0.2) is 0 Å². The maximum atomic E-state index is 9.64. The van der Waals surface area contributed by atoms with E-state index in [0.29, 0.717) is 0 Å². The van der Waals surface area contributed by atoms with Gasteiger partial charge >= 0.3 is 0 Å². The van der Waals surface area contributed by atoms with Crippen LogP contribution in [0.5, 0.6) is 5.75 Å². The molecule has 0 aromatic heterocycles. The van der Waals surface area contributed by atoms with Crippen molar-refractivity contribution in [3.05, 3.63) is 42.0 Å². The Hall–Kier alpha value is -1.58. The Bertz CT molecular complexity index is 594. The first-order valence-electron chi connectivity index (χ1n) is 7.13. The van der Waals surface area contributed by atoms with Gasteiger partial charge in [-0.1, -0.05) is 30.3 Å². The molecule has 1 heterocycles. The Labute approximate surface area is 119 Å². The van der Waals surface area contributed by atoms with E-state index in [9.17, 15) is 5.11 Å². The molecule has 1 saturated heterocycles. The van der Waals surface area contributed by atoms with E-state index in [-0.39, 0.29) is 18.6 Å². The van der Waals surface area contributed by atoms with Crippen molar-refractivity contribution in [3.8, 4) is 5.75 Å². The molecule has 2 atom stereocenters. The van der Waals surface area contributed by atoms with Crippen LogP contribution in [0.25, 0.3) is 10.8 Å². The number of benzene rings is 2. The maximum absolute atomic E-state index is 9.64. The molecule has 1 fully saturated rings. The minimum atomic E-state index is -0.0881. The van der Waals surface area contributed by atoms with E-state index in [0.717, 1.165) is 36.1 Å². The zero-order valence-corrected chi connectivity index (χ0v) is 11.7. The lowest BCUT2D eigenvalue weighted by molar-refractivity contribution is -0.0458. The van der Waals surface area contributed by atoms with E-state index in [1.54, 1.807) is 7.11 Å². The number of aliphatic hydroxyl groups excluding tert-OH is 1. The van der Waals surface area contributed by atoms with Crippen LogP contribution in [0.3, 0.4) is 0 Å². The Kier molecular flexibility index (Phi) is 3.90. The fraction of sp³-hybridized carbons (Fsp3) is 0.412. The molecule has 3 rings (SSSR count). The van der Waals surface area contributed by atoms with Crippen LogP contribution < -0.4 is 4.74 Å². The first-order valence-corrected chi connectivity index (χ1v) is 7.13. The van der Waals surface area contributed by atoms with Gasteiger partial charge in [0.2, 0.25) is 0 Å². The van der Waals surface area contributed by atoms with Gasteiger partial charge in [-0.15, -0.1) is 0 Å². The number of rotatable bonds is 3. The van der Waals surface area contributed by atoms with Crippen LogP contribution >= 0.6 is 0 Å². The van der Waals surface area contributed by atoms with Crippen LogP contribution in [0.2, 0.25) is 0 Å². The molecule has 0 bridgehead atoms. The van der Waals surface area contributed by atoms with Crippen molar-refractivity contribution in [1.82, 2.24) is 0 Å². The van der Waals surface area contributed by atoms with E-state index in [4.69, 9.17) is 9.47 Å². The third-order valence-corrected chi connectivity index (χ3v) is 4.11. The summed E-state index contributed by atoms with van der Waals surface area (Å²) >= 11 is 0. The fourth-order valence-electron chi connectivity index (χ4n) is 3.10. The third-order valence-electron chi connectivity index (χ3n) is 4.11. The zero-order valence-electron chi connectivity index (χ0n) is 11.7. The molecular weight excluding hydrogens is 252 g/mol. The predicted octanol–water partition coefficient (Wildman–Crippen LogP) is 3.31. The summed E-state index contributed by atoms with van der Waals surface area (Å²) in [5, 5.41) is 12.0. The highest BCUT2D eigenvalue weighted by molar-refractivity contribution is 5.88. The summed E-state index contributed by atoms with van der Waals surface area (Å²) in [6.45, 7) is 0.893. The molecule has 3 nitrogen and oxygen atoms in total. The largest absolute Gasteiger partial charge is 0.496 e. The van der Waals surface area contributed by atoms with Crippen molar-refractivity contribution in [2.45, 2.75) is 18.9 Å². The third kappa shape index (κ3) is 2.28. The molecule has 2 unspecified atom stereocenters. The van der Waals surface area contributed by atoms with Crippen molar-refractivity contribution < 1.29 is 14.6 Å². The lowest BCUT2D eigenvalue weighted by atomic mass is 9.87. The van der Waals surface area contributed by atoms with Crippen molar-refractivity contribution >= 4 is 10.8 Å². The second-order valence-corrected chi connectivity index (χ2v) is 5.28. The predicted molar refractivity (Wildman–Crippen MR) is 79.0 cm³/mol. The van der Waals surface area contributed by atoms with Gasteiger partial charge in [0.1, 0.15) is 5.75 Å². The van der Waals surface area contributed by atoms with Gasteiger partial charge < -0.3 is 14.6 Å². The zero-order chi connectivity index (χ0) is 13.9. The molecule has 0 aliphatic carbocycles. The van der Waals surface area contributed by atoms with E-state index < -0.39 is 0 Å². The van der Waals surface area contributed by atoms with Crippen LogP contribution in [0.15, 0.2) is 36.4 Å². The van der Waals surface area contributed by atoms with Crippen molar-refractivity contribution in [1.29, 1.82) is 0 Å². The molecule has 2 aromatic carbocycles. The molecule has 3 heteroatoms. The van der Waals surface area contributed by atoms with E-state index >= 15 is 0 Å². The smallest absolute Gasteiger partial charge is 0.125 e. The summed E-state index contributed by atoms with van der Waals surface area (Å²) < 4.78 is 11.5. The minimum Gasteiger partial charge on any atom is -0.496 e. The summed E-state index contributed by atoms with van der Waals surface area (Å²) in [4.78, 5) is 0. The number of hydrogen-bond donors (Lipinski definition) is 1. The highest BCUT2D eigenvalue weighted by Crippen LogP contribution is 2.41. The fourth-order valence-corrected chi connectivity index (χ4v) is 3.10. The van der Waals surface area contributed by atoms with Gasteiger partial charge in [-0.3, -0.25) is 0 Å². The highest BCUT2D eigenvalue weighted by atomic mass is 16.5. The van der Waals surface area contributed by atoms with Crippen molar-refractivity contribution in [2.75, 3.05) is 20.3 Å². The summed E-state index contributed by atoms with van der Waals surface area (Å²) in [6.07, 6.45) is 1.91. The highest BCUT2D eigenvalue weighted by Gasteiger charge is 2.30. The van der Waals surface area contributed by atoms with Gasteiger partial charge in [-0.2, -0.15) is 0 Å². The molecule has 106 valence electrons. The summed E-state index contributed by atoms with van der Waals surface area (Å²) in [5.74, 6) is 0.984. The number of methoxy groups -OCH3 is 1. The van der Waals surface area contributed by atoms with Crippen molar-refractivity contribution in [3.63, 3.8) is 0 Å². The first kappa shape index (κ1) is 13.4. The number of ether oxygens (including phenoxy) is 2. The van der Waals surface area contributed by atoms with Gasteiger partial charge in [0.05, 0.1) is 13.2 Å². The lowest BCUT2D eigenvalue weighted by Crippen LogP contribution is -2.25. The Morgan fingerprint density at radius 1 is 1.25 bits per heavy atom. The second-order valence-electron chi connectivity index (χ2n) is 5.28. The van der Waals surface area contributed by atoms with E-state index in [1.165, 1.54) is 5.39 Å². The van der Waals surface area contributed by atoms with Gasteiger partial charge in [-0.05, 0) is 29.7 Å². The van der Waals surface area contributed by atoms with Crippen LogP contribution in [0.1, 0.15) is 24.5 Å². The summed E-state index contributed by atoms with van der Waals surface area (Å²) in [6, 6.07) is 12.3. The molecule has 2 aromatic rings. The number of fused-ring (bicyclic) bond motifs is 1. The average Bonchev–Trinajstić information content (AvgIpc) is 2.53. The molecule has 0 radical (unpaired) electrons. The standard InChI is InChI=1S/C17H20O3/c1-19-15-9-8-12-5-2-3-7-14(12)16(15)17-13(11-18)6-4-10-20-17/h2-3,5,7-9,13,17-18H,4,6,10-11H2,1H3. The number of aliphatic hydroxyl groups is 1. The maximum Gasteiger partial charge on any atom is 0.125 e. The molecule has 1 aliphatic rings. The normalized spacial score (nSPS) is 22.9. The SMILES string of the molecule is COc1ccc2ccccc2c1C1OCCCC1CO. The van der Waals surface area contributed by atoms with Gasteiger partial charge in [0.25, 0.3) is 0 Å². The van der Waals surface area contributed by atoms with Crippen LogP contribution in [-0.2, 0) is 4.74 Å². The van der Waals surface area contributed by atoms with E-state index in [2.05, 4.69) is 18.2 Å². The summed E-state index contributed by atoms with van der Waals surface area (Å²) in [5.41, 5.74) is 1.07. The van der Waals surface area contributed by atoms with Crippen LogP contribution in [-0.4, -0.2) is 25.4 Å². The average molecular weight is 272 g/mol. The second kappa shape index (κ2) is 5.81. The van der Waals surface area contributed by atoms with Gasteiger partial charge in [0, 0.05) is 24.7 Å². The van der Waals surface area contributed by atoms with Crippen molar-refractivity contribution in [2.24, 2.45) is 5.92 Å². The number of hydrogen-bond acceptors (Lipinski definition) is 3. The summed E-state index contributed by atoms with van der Waals surface area (Å²) in [7, 11) is 1.68. The molecular formula is C17H20O3. The van der Waals surface area contributed by atoms with E-state index in [1.807, 2.05) is 18.2 Å². The molecule has 0 amide bonds. The Morgan fingerprint density at radius 3 is 2.90 bits per heavy atom. The topological polar surface area (TPSA) is 38.7 Å². The molecule has 0 saturated carbocycles. The minimum absolute atomic E-state index is 0.0881. The lowest BCUT2D eigenvalue weighted by Gasteiger charge is -2.32. The van der Waals surface area contributed by atoms with Crippen LogP contribution in [0.4, 0.5) is 0 Å². The first-order chi connectivity index (χ1) is 9.85. The molecule has 20 heavy (non-hydrogen) atoms.